The summed E-state index contributed by atoms with van der Waals surface area (Å²) in [6.45, 7) is 8.68. The first-order valence-corrected chi connectivity index (χ1v) is 8.47. The van der Waals surface area contributed by atoms with Crippen molar-refractivity contribution in [3.63, 3.8) is 0 Å². The minimum Gasteiger partial charge on any atom is -0.343 e. The first-order valence-electron chi connectivity index (χ1n) is 8.47. The monoisotopic (exact) mass is 300 g/mol. The molecule has 120 valence electrons. The van der Waals surface area contributed by atoms with Gasteiger partial charge in [0.05, 0.1) is 5.92 Å². The molecule has 1 atom stereocenters. The lowest BCUT2D eigenvalue weighted by Gasteiger charge is -2.33. The maximum Gasteiger partial charge on any atom is 0.226 e. The third kappa shape index (κ3) is 4.70. The molecule has 1 aliphatic rings. The summed E-state index contributed by atoms with van der Waals surface area (Å²) in [6, 6.07) is 10.4. The molecule has 1 amide bonds. The lowest BCUT2D eigenvalue weighted by Crippen LogP contribution is -2.44. The molecule has 3 nitrogen and oxygen atoms in total. The van der Waals surface area contributed by atoms with Gasteiger partial charge in [-0.3, -0.25) is 9.69 Å². The molecule has 1 heterocycles. The maximum absolute atomic E-state index is 12.5. The van der Waals surface area contributed by atoms with E-state index in [9.17, 15) is 4.79 Å². The van der Waals surface area contributed by atoms with Gasteiger partial charge in [-0.1, -0.05) is 42.5 Å². The van der Waals surface area contributed by atoms with E-state index in [-0.39, 0.29) is 5.92 Å². The molecule has 0 aliphatic carbocycles. The second-order valence-corrected chi connectivity index (χ2v) is 5.92. The summed E-state index contributed by atoms with van der Waals surface area (Å²) in [5, 5.41) is 0. The van der Waals surface area contributed by atoms with Crippen LogP contribution in [0.2, 0.25) is 0 Å². The molecule has 1 fully saturated rings. The van der Waals surface area contributed by atoms with Gasteiger partial charge in [-0.2, -0.15) is 0 Å². The van der Waals surface area contributed by atoms with Gasteiger partial charge in [0.1, 0.15) is 0 Å². The number of rotatable bonds is 6. The smallest absolute Gasteiger partial charge is 0.226 e. The van der Waals surface area contributed by atoms with Crippen LogP contribution in [0.25, 0.3) is 6.08 Å². The van der Waals surface area contributed by atoms with Crippen molar-refractivity contribution < 1.29 is 4.79 Å². The lowest BCUT2D eigenvalue weighted by atomic mass is 9.96. The molecule has 0 aromatic heterocycles. The number of hydrogen-bond acceptors (Lipinski definition) is 2. The minimum absolute atomic E-state index is 0.179. The van der Waals surface area contributed by atoms with Crippen LogP contribution in [0.4, 0.5) is 0 Å². The third-order valence-corrected chi connectivity index (χ3v) is 4.40. The highest BCUT2D eigenvalue weighted by molar-refractivity contribution is 5.79. The van der Waals surface area contributed by atoms with Crippen molar-refractivity contribution in [2.24, 2.45) is 5.92 Å². The first kappa shape index (κ1) is 16.8. The summed E-state index contributed by atoms with van der Waals surface area (Å²) < 4.78 is 0. The second-order valence-electron chi connectivity index (χ2n) is 5.92. The molecule has 1 aromatic carbocycles. The molecule has 2 rings (SSSR count). The van der Waals surface area contributed by atoms with Crippen LogP contribution >= 0.6 is 0 Å². The van der Waals surface area contributed by atoms with E-state index in [2.05, 4.69) is 55.2 Å². The summed E-state index contributed by atoms with van der Waals surface area (Å²) in [5.41, 5.74) is 1.23. The Morgan fingerprint density at radius 1 is 1.27 bits per heavy atom. The highest BCUT2D eigenvalue weighted by atomic mass is 16.2. The molecular formula is C19H28N2O. The predicted molar refractivity (Wildman–Crippen MR) is 92.6 cm³/mol. The van der Waals surface area contributed by atoms with E-state index >= 15 is 0 Å². The molecule has 3 heteroatoms. The number of benzene rings is 1. The van der Waals surface area contributed by atoms with Crippen LogP contribution in [-0.2, 0) is 4.79 Å². The Morgan fingerprint density at radius 3 is 2.68 bits per heavy atom. The van der Waals surface area contributed by atoms with Gasteiger partial charge in [0.25, 0.3) is 0 Å². The number of likely N-dealkylation sites (tertiary alicyclic amines) is 1. The molecule has 0 unspecified atom stereocenters. The molecule has 0 N–H and O–H groups in total. The Balaban J connectivity index is 1.85. The fourth-order valence-corrected chi connectivity index (χ4v) is 3.12. The largest absolute Gasteiger partial charge is 0.343 e. The maximum atomic E-state index is 12.5. The van der Waals surface area contributed by atoms with Crippen molar-refractivity contribution in [1.29, 1.82) is 0 Å². The highest BCUT2D eigenvalue weighted by Gasteiger charge is 2.27. The fourth-order valence-electron chi connectivity index (χ4n) is 3.12. The van der Waals surface area contributed by atoms with Gasteiger partial charge in [0.15, 0.2) is 0 Å². The van der Waals surface area contributed by atoms with E-state index in [4.69, 9.17) is 0 Å². The van der Waals surface area contributed by atoms with Gasteiger partial charge >= 0.3 is 0 Å². The Hall–Kier alpha value is -1.61. The predicted octanol–water partition coefficient (Wildman–Crippen LogP) is 3.28. The quantitative estimate of drug-likeness (QED) is 0.805. The summed E-state index contributed by atoms with van der Waals surface area (Å²) in [5.74, 6) is 0.514. The molecule has 1 aliphatic heterocycles. The van der Waals surface area contributed by atoms with Gasteiger partial charge in [0.2, 0.25) is 5.91 Å². The van der Waals surface area contributed by atoms with E-state index in [1.807, 2.05) is 11.0 Å². The van der Waals surface area contributed by atoms with Crippen molar-refractivity contribution in [3.8, 4) is 0 Å². The Bertz CT molecular complexity index is 479. The van der Waals surface area contributed by atoms with Crippen LogP contribution in [0.3, 0.4) is 0 Å². The third-order valence-electron chi connectivity index (χ3n) is 4.40. The molecule has 1 saturated heterocycles. The standard InChI is InChI=1S/C19H28N2O/c1-3-21(4-2)19(22)18-13-9-15-20(16-18)14-8-12-17-10-6-5-7-11-17/h5-8,10-12,18H,3-4,9,13-16H2,1-2H3/t18-/m0/s1. The van der Waals surface area contributed by atoms with Crippen molar-refractivity contribution in [2.45, 2.75) is 26.7 Å². The van der Waals surface area contributed by atoms with Gasteiger partial charge in [-0.15, -0.1) is 0 Å². The zero-order valence-electron chi connectivity index (χ0n) is 13.9. The van der Waals surface area contributed by atoms with Gasteiger partial charge in [0, 0.05) is 26.2 Å². The van der Waals surface area contributed by atoms with Crippen LogP contribution in [-0.4, -0.2) is 48.4 Å². The fraction of sp³-hybridized carbons (Fsp3) is 0.526. The van der Waals surface area contributed by atoms with Crippen molar-refractivity contribution in [3.05, 3.63) is 42.0 Å². The molecular weight excluding hydrogens is 272 g/mol. The van der Waals surface area contributed by atoms with Crippen molar-refractivity contribution >= 4 is 12.0 Å². The van der Waals surface area contributed by atoms with Crippen LogP contribution in [0.5, 0.6) is 0 Å². The number of carbonyl (C=O) groups is 1. The average molecular weight is 300 g/mol. The Kier molecular flexibility index (Phi) is 6.66. The number of nitrogens with zero attached hydrogens (tertiary/aromatic N) is 2. The van der Waals surface area contributed by atoms with E-state index in [1.54, 1.807) is 0 Å². The van der Waals surface area contributed by atoms with Gasteiger partial charge < -0.3 is 4.90 Å². The van der Waals surface area contributed by atoms with Crippen LogP contribution in [0, 0.1) is 5.92 Å². The van der Waals surface area contributed by atoms with E-state index < -0.39 is 0 Å². The Labute approximate surface area is 134 Å². The second kappa shape index (κ2) is 8.74. The molecule has 1 aromatic rings. The SMILES string of the molecule is CCN(CC)C(=O)[C@H]1CCCN(CC=Cc2ccccc2)C1. The van der Waals surface area contributed by atoms with Gasteiger partial charge in [-0.05, 0) is 38.8 Å². The molecule has 0 radical (unpaired) electrons. The minimum atomic E-state index is 0.179. The van der Waals surface area contributed by atoms with Crippen molar-refractivity contribution in [1.82, 2.24) is 9.80 Å². The number of amides is 1. The number of piperidine rings is 1. The van der Waals surface area contributed by atoms with E-state index in [0.717, 1.165) is 45.6 Å². The average Bonchev–Trinajstić information content (AvgIpc) is 2.57. The normalized spacial score (nSPS) is 19.5. The van der Waals surface area contributed by atoms with E-state index in [0.29, 0.717) is 5.91 Å². The summed E-state index contributed by atoms with van der Waals surface area (Å²) in [7, 11) is 0. The lowest BCUT2D eigenvalue weighted by molar-refractivity contribution is -0.136. The van der Waals surface area contributed by atoms with E-state index in [1.165, 1.54) is 5.56 Å². The molecule has 0 spiro atoms. The highest BCUT2D eigenvalue weighted by Crippen LogP contribution is 2.19. The summed E-state index contributed by atoms with van der Waals surface area (Å²) >= 11 is 0. The van der Waals surface area contributed by atoms with Gasteiger partial charge in [-0.25, -0.2) is 0 Å². The van der Waals surface area contributed by atoms with Crippen LogP contribution in [0.1, 0.15) is 32.3 Å². The van der Waals surface area contributed by atoms with Crippen molar-refractivity contribution in [2.75, 3.05) is 32.7 Å². The zero-order valence-corrected chi connectivity index (χ0v) is 13.9. The topological polar surface area (TPSA) is 23.6 Å². The molecule has 22 heavy (non-hydrogen) atoms. The number of hydrogen-bond donors (Lipinski definition) is 0. The van der Waals surface area contributed by atoms with Crippen LogP contribution in [0.15, 0.2) is 36.4 Å². The van der Waals surface area contributed by atoms with Crippen LogP contribution < -0.4 is 0 Å². The Morgan fingerprint density at radius 2 is 2.00 bits per heavy atom. The number of carbonyl (C=O) groups excluding carboxylic acids is 1. The molecule has 0 saturated carbocycles. The summed E-state index contributed by atoms with van der Waals surface area (Å²) in [6.07, 6.45) is 6.53. The first-order chi connectivity index (χ1) is 10.7. The summed E-state index contributed by atoms with van der Waals surface area (Å²) in [4.78, 5) is 16.8. The zero-order chi connectivity index (χ0) is 15.8. The molecule has 0 bridgehead atoms.